The molecule has 9 heteroatoms. The summed E-state index contributed by atoms with van der Waals surface area (Å²) in [7, 11) is 0. The van der Waals surface area contributed by atoms with Gasteiger partial charge < -0.3 is 29.2 Å². The van der Waals surface area contributed by atoms with Crippen LogP contribution in [0.4, 0.5) is 13.2 Å². The molecule has 220 valence electrons. The number of aliphatic hydroxyl groups is 2. The Morgan fingerprint density at radius 2 is 1.50 bits per heavy atom. The normalized spacial score (nSPS) is 42.1. The van der Waals surface area contributed by atoms with Crippen molar-refractivity contribution in [2.24, 2.45) is 17.3 Å². The molecule has 2 heterocycles. The second-order valence-corrected chi connectivity index (χ2v) is 13.3. The van der Waals surface area contributed by atoms with Gasteiger partial charge in [0.1, 0.15) is 0 Å². The van der Waals surface area contributed by atoms with Crippen molar-refractivity contribution in [3.8, 4) is 0 Å². The Morgan fingerprint density at radius 3 is 2.15 bits per heavy atom. The predicted octanol–water partition coefficient (Wildman–Crippen LogP) is 5.47. The van der Waals surface area contributed by atoms with E-state index in [0.717, 1.165) is 22.3 Å². The molecule has 4 aliphatic carbocycles. The van der Waals surface area contributed by atoms with Crippen LogP contribution in [0.1, 0.15) is 82.3 Å². The molecule has 6 aliphatic rings. The van der Waals surface area contributed by atoms with Crippen molar-refractivity contribution in [1.29, 1.82) is 0 Å². The lowest BCUT2D eigenvalue weighted by molar-refractivity contribution is -0.299. The maximum absolute atomic E-state index is 14.5. The highest BCUT2D eigenvalue weighted by molar-refractivity contribution is 5.45. The van der Waals surface area contributed by atoms with Crippen LogP contribution in [-0.2, 0) is 24.7 Å². The molecule has 1 aromatic carbocycles. The number of ether oxygens (including phenoxy) is 4. The molecule has 40 heavy (non-hydrogen) atoms. The van der Waals surface area contributed by atoms with Crippen LogP contribution in [0.3, 0.4) is 0 Å². The third kappa shape index (κ3) is 3.70. The van der Waals surface area contributed by atoms with Crippen molar-refractivity contribution < 1.29 is 42.3 Å². The summed E-state index contributed by atoms with van der Waals surface area (Å²) < 4.78 is 67.2. The predicted molar refractivity (Wildman–Crippen MR) is 138 cm³/mol. The van der Waals surface area contributed by atoms with Crippen molar-refractivity contribution in [2.75, 3.05) is 26.4 Å². The van der Waals surface area contributed by atoms with Gasteiger partial charge in [0.05, 0.1) is 32.0 Å². The number of benzene rings is 1. The molecule has 2 aliphatic heterocycles. The van der Waals surface area contributed by atoms with Gasteiger partial charge in [-0.1, -0.05) is 36.8 Å². The third-order valence-electron chi connectivity index (χ3n) is 11.5. The minimum atomic E-state index is -4.72. The first-order valence-corrected chi connectivity index (χ1v) is 14.7. The van der Waals surface area contributed by atoms with Crippen LogP contribution >= 0.6 is 0 Å². The zero-order valence-electron chi connectivity index (χ0n) is 23.2. The molecule has 6 atom stereocenters. The highest BCUT2D eigenvalue weighted by Gasteiger charge is 2.72. The molecule has 3 saturated carbocycles. The fourth-order valence-corrected chi connectivity index (χ4v) is 9.48. The number of hydrogen-bond donors (Lipinski definition) is 2. The molecule has 1 aromatic rings. The monoisotopic (exact) mass is 564 g/mol. The lowest BCUT2D eigenvalue weighted by atomic mass is 9.49. The fraction of sp³-hybridized carbons (Fsp3) is 0.742. The Balaban J connectivity index is 1.34. The second kappa shape index (κ2) is 8.77. The van der Waals surface area contributed by atoms with Gasteiger partial charge in [-0.3, -0.25) is 0 Å². The van der Waals surface area contributed by atoms with Crippen LogP contribution in [0.5, 0.6) is 0 Å². The quantitative estimate of drug-likeness (QED) is 0.464. The molecular weight excluding hydrogens is 525 g/mol. The summed E-state index contributed by atoms with van der Waals surface area (Å²) in [5.74, 6) is -2.43. The van der Waals surface area contributed by atoms with E-state index in [0.29, 0.717) is 65.0 Å². The minimum absolute atomic E-state index is 0.131. The smallest absolute Gasteiger partial charge is 0.385 e. The Labute approximate surface area is 232 Å². The maximum atomic E-state index is 14.5. The van der Waals surface area contributed by atoms with E-state index in [2.05, 4.69) is 0 Å². The number of halogens is 3. The first-order valence-electron chi connectivity index (χ1n) is 14.7. The molecule has 5 fully saturated rings. The molecular formula is C31H39F3O6. The van der Waals surface area contributed by atoms with Gasteiger partial charge in [0, 0.05) is 29.7 Å². The van der Waals surface area contributed by atoms with E-state index in [4.69, 9.17) is 18.9 Å². The molecule has 0 aromatic heterocycles. The summed E-state index contributed by atoms with van der Waals surface area (Å²) in [6.45, 7) is 5.53. The summed E-state index contributed by atoms with van der Waals surface area (Å²) in [6.07, 6.45) is -1.93. The number of fused-ring (bicyclic) bond motifs is 4. The standard InChI is InChI=1S/C31H39F3O6/c1-26-17-22(19-3-5-20(6-4-19)27(2)37-13-14-38-27)25-21(23(26)9-12-30(26,36)31(32,33)34)7-10-28(35)18-29(11-8-24(25)28)39-15-16-40-29/h3-6,21-23,35-36H,7-18H2,1-2H3/t21?,22-,23?,26+,28-,30+/m1/s1. The van der Waals surface area contributed by atoms with Crippen molar-refractivity contribution >= 4 is 0 Å². The lowest BCUT2D eigenvalue weighted by Gasteiger charge is -2.57. The summed E-state index contributed by atoms with van der Waals surface area (Å²) in [5, 5.41) is 23.4. The van der Waals surface area contributed by atoms with Gasteiger partial charge in [-0.05, 0) is 68.4 Å². The number of allylic oxidation sites excluding steroid dienone is 1. The van der Waals surface area contributed by atoms with Crippen molar-refractivity contribution in [3.05, 3.63) is 46.5 Å². The Hall–Kier alpha value is -1.49. The Kier molecular flexibility index (Phi) is 6.00. The van der Waals surface area contributed by atoms with Crippen LogP contribution in [0.15, 0.2) is 35.4 Å². The summed E-state index contributed by atoms with van der Waals surface area (Å²) in [6, 6.07) is 7.80. The zero-order chi connectivity index (χ0) is 28.2. The first-order chi connectivity index (χ1) is 18.8. The number of rotatable bonds is 2. The molecule has 0 radical (unpaired) electrons. The molecule has 2 N–H and O–H groups in total. The largest absolute Gasteiger partial charge is 0.417 e. The van der Waals surface area contributed by atoms with Gasteiger partial charge in [-0.2, -0.15) is 13.2 Å². The van der Waals surface area contributed by atoms with Gasteiger partial charge in [-0.25, -0.2) is 0 Å². The zero-order valence-corrected chi connectivity index (χ0v) is 23.2. The Bertz CT molecular complexity index is 1200. The van der Waals surface area contributed by atoms with Gasteiger partial charge in [0.15, 0.2) is 17.2 Å². The van der Waals surface area contributed by atoms with Gasteiger partial charge in [0.25, 0.3) is 0 Å². The molecule has 7 rings (SSSR count). The van der Waals surface area contributed by atoms with Crippen LogP contribution < -0.4 is 0 Å². The molecule has 0 bridgehead atoms. The molecule has 6 nitrogen and oxygen atoms in total. The van der Waals surface area contributed by atoms with Crippen LogP contribution in [0.2, 0.25) is 0 Å². The fourth-order valence-electron chi connectivity index (χ4n) is 9.48. The summed E-state index contributed by atoms with van der Waals surface area (Å²) in [4.78, 5) is 0. The van der Waals surface area contributed by atoms with E-state index in [9.17, 15) is 23.4 Å². The number of alkyl halides is 3. The van der Waals surface area contributed by atoms with E-state index in [1.165, 1.54) is 0 Å². The van der Waals surface area contributed by atoms with Crippen LogP contribution in [0, 0.1) is 17.3 Å². The minimum Gasteiger partial charge on any atom is -0.385 e. The van der Waals surface area contributed by atoms with Crippen LogP contribution in [-0.4, -0.2) is 59.8 Å². The SMILES string of the molecule is CC1(c2ccc([C@H]3C[C@@]4(C)C(CC[C@@]4(O)C(F)(F)F)C4CC[C@@]5(O)CC6(CCC5=C43)OCCO6)cc2)OCCO1. The first kappa shape index (κ1) is 27.3. The lowest BCUT2D eigenvalue weighted by Crippen LogP contribution is -2.60. The van der Waals surface area contributed by atoms with E-state index in [-0.39, 0.29) is 30.6 Å². The van der Waals surface area contributed by atoms with Crippen molar-refractivity contribution in [1.82, 2.24) is 0 Å². The van der Waals surface area contributed by atoms with Gasteiger partial charge in [0.2, 0.25) is 0 Å². The Morgan fingerprint density at radius 1 is 0.850 bits per heavy atom. The topological polar surface area (TPSA) is 77.4 Å². The molecule has 2 saturated heterocycles. The molecule has 0 amide bonds. The summed E-state index contributed by atoms with van der Waals surface area (Å²) >= 11 is 0. The van der Waals surface area contributed by atoms with E-state index in [1.807, 2.05) is 31.2 Å². The average Bonchev–Trinajstić information content (AvgIpc) is 3.62. The highest BCUT2D eigenvalue weighted by Crippen LogP contribution is 2.70. The summed E-state index contributed by atoms with van der Waals surface area (Å²) in [5.41, 5.74) is -1.40. The third-order valence-corrected chi connectivity index (χ3v) is 11.5. The van der Waals surface area contributed by atoms with Crippen molar-refractivity contribution in [3.63, 3.8) is 0 Å². The van der Waals surface area contributed by atoms with E-state index < -0.39 is 34.4 Å². The maximum Gasteiger partial charge on any atom is 0.417 e. The number of hydrogen-bond acceptors (Lipinski definition) is 6. The van der Waals surface area contributed by atoms with E-state index >= 15 is 0 Å². The van der Waals surface area contributed by atoms with E-state index in [1.54, 1.807) is 6.92 Å². The highest BCUT2D eigenvalue weighted by atomic mass is 19.4. The van der Waals surface area contributed by atoms with Gasteiger partial charge in [-0.15, -0.1) is 0 Å². The van der Waals surface area contributed by atoms with Crippen LogP contribution in [0.25, 0.3) is 0 Å². The van der Waals surface area contributed by atoms with Crippen molar-refractivity contribution in [2.45, 2.75) is 100 Å². The molecule has 2 unspecified atom stereocenters. The molecule has 1 spiro atoms. The average molecular weight is 565 g/mol. The second-order valence-electron chi connectivity index (χ2n) is 13.3. The van der Waals surface area contributed by atoms with Gasteiger partial charge >= 0.3 is 6.18 Å².